The monoisotopic (exact) mass is 310 g/mol. The third-order valence-corrected chi connectivity index (χ3v) is 3.53. The molecule has 1 aromatic rings. The first kappa shape index (κ1) is 15.8. The standard InChI is InChI=1S/C15H19ClN2O3/c1-8-5-13(20)17-18-14(8)11-4-9(2)15(12(16)6-11)21-7-10(3)19/h4,6,8,10,19H,5,7H2,1-3H3,(H,17,20)/t8?,10-/m0/s1. The smallest absolute Gasteiger partial charge is 0.240 e. The summed E-state index contributed by atoms with van der Waals surface area (Å²) in [6.45, 7) is 5.68. The van der Waals surface area contributed by atoms with Gasteiger partial charge in [-0.1, -0.05) is 18.5 Å². The summed E-state index contributed by atoms with van der Waals surface area (Å²) in [7, 11) is 0. The summed E-state index contributed by atoms with van der Waals surface area (Å²) in [5.74, 6) is 0.527. The zero-order valence-electron chi connectivity index (χ0n) is 12.3. The zero-order chi connectivity index (χ0) is 15.6. The number of hydrazone groups is 1. The molecular weight excluding hydrogens is 292 g/mol. The SMILES string of the molecule is Cc1cc(C2=NNC(=O)CC2C)cc(Cl)c1OC[C@H](C)O. The van der Waals surface area contributed by atoms with E-state index in [-0.39, 0.29) is 18.4 Å². The van der Waals surface area contributed by atoms with Gasteiger partial charge in [-0.2, -0.15) is 5.10 Å². The number of benzene rings is 1. The Hall–Kier alpha value is -1.59. The fourth-order valence-corrected chi connectivity index (χ4v) is 2.59. The molecule has 2 N–H and O–H groups in total. The molecule has 0 saturated carbocycles. The molecule has 0 aromatic heterocycles. The second-order valence-corrected chi connectivity index (χ2v) is 5.81. The number of aliphatic hydroxyl groups excluding tert-OH is 1. The van der Waals surface area contributed by atoms with Gasteiger partial charge in [0, 0.05) is 17.9 Å². The quantitative estimate of drug-likeness (QED) is 0.896. The number of hydrogen-bond acceptors (Lipinski definition) is 4. The Bertz CT molecular complexity index is 561. The molecule has 1 aromatic carbocycles. The van der Waals surface area contributed by atoms with Crippen molar-refractivity contribution in [2.45, 2.75) is 33.3 Å². The number of aryl methyl sites for hydroxylation is 1. The molecular formula is C15H19ClN2O3. The van der Waals surface area contributed by atoms with Gasteiger partial charge >= 0.3 is 0 Å². The van der Waals surface area contributed by atoms with Crippen molar-refractivity contribution in [2.24, 2.45) is 11.0 Å². The molecule has 5 nitrogen and oxygen atoms in total. The second kappa shape index (κ2) is 6.45. The first-order chi connectivity index (χ1) is 9.88. The highest BCUT2D eigenvalue weighted by Gasteiger charge is 2.23. The lowest BCUT2D eigenvalue weighted by molar-refractivity contribution is -0.121. The minimum atomic E-state index is -0.557. The van der Waals surface area contributed by atoms with Gasteiger partial charge in [-0.05, 0) is 31.5 Å². The van der Waals surface area contributed by atoms with Crippen LogP contribution in [-0.2, 0) is 4.79 Å². The molecule has 1 aliphatic heterocycles. The predicted octanol–water partition coefficient (Wildman–Crippen LogP) is 2.27. The van der Waals surface area contributed by atoms with Crippen LogP contribution in [0.15, 0.2) is 17.2 Å². The summed E-state index contributed by atoms with van der Waals surface area (Å²) in [5.41, 5.74) is 5.04. The number of nitrogens with zero attached hydrogens (tertiary/aromatic N) is 1. The Morgan fingerprint density at radius 2 is 2.29 bits per heavy atom. The fraction of sp³-hybridized carbons (Fsp3) is 0.467. The number of halogens is 1. The van der Waals surface area contributed by atoms with Crippen molar-refractivity contribution in [1.82, 2.24) is 5.43 Å². The van der Waals surface area contributed by atoms with Gasteiger partial charge in [0.1, 0.15) is 12.4 Å². The molecule has 6 heteroatoms. The first-order valence-corrected chi connectivity index (χ1v) is 7.24. The maximum Gasteiger partial charge on any atom is 0.240 e. The van der Waals surface area contributed by atoms with Gasteiger partial charge in [-0.15, -0.1) is 0 Å². The number of rotatable bonds is 4. The van der Waals surface area contributed by atoms with Crippen LogP contribution in [0.2, 0.25) is 5.02 Å². The average molecular weight is 311 g/mol. The van der Waals surface area contributed by atoms with Gasteiger partial charge in [-0.25, -0.2) is 5.43 Å². The molecule has 114 valence electrons. The van der Waals surface area contributed by atoms with E-state index in [1.54, 1.807) is 13.0 Å². The van der Waals surface area contributed by atoms with Crippen LogP contribution in [0.5, 0.6) is 5.75 Å². The number of aliphatic hydroxyl groups is 1. The Morgan fingerprint density at radius 3 is 2.86 bits per heavy atom. The van der Waals surface area contributed by atoms with Crippen molar-refractivity contribution in [3.63, 3.8) is 0 Å². The average Bonchev–Trinajstić information content (AvgIpc) is 2.37. The van der Waals surface area contributed by atoms with E-state index in [1.807, 2.05) is 19.9 Å². The molecule has 0 radical (unpaired) electrons. The van der Waals surface area contributed by atoms with Gasteiger partial charge in [0.15, 0.2) is 0 Å². The second-order valence-electron chi connectivity index (χ2n) is 5.40. The molecule has 21 heavy (non-hydrogen) atoms. The predicted molar refractivity (Wildman–Crippen MR) is 81.8 cm³/mol. The maximum atomic E-state index is 11.3. The molecule has 0 aliphatic carbocycles. The molecule has 0 bridgehead atoms. The first-order valence-electron chi connectivity index (χ1n) is 6.86. The summed E-state index contributed by atoms with van der Waals surface area (Å²) in [4.78, 5) is 11.3. The van der Waals surface area contributed by atoms with Crippen LogP contribution >= 0.6 is 11.6 Å². The Labute approximate surface area is 128 Å². The number of hydrogen-bond donors (Lipinski definition) is 2. The van der Waals surface area contributed by atoms with E-state index in [0.717, 1.165) is 16.8 Å². The third kappa shape index (κ3) is 3.74. The largest absolute Gasteiger partial charge is 0.489 e. The molecule has 1 amide bonds. The highest BCUT2D eigenvalue weighted by Crippen LogP contribution is 2.31. The molecule has 1 heterocycles. The molecule has 0 fully saturated rings. The van der Waals surface area contributed by atoms with E-state index in [2.05, 4.69) is 10.5 Å². The van der Waals surface area contributed by atoms with Gasteiger partial charge in [0.25, 0.3) is 0 Å². The van der Waals surface area contributed by atoms with Crippen molar-refractivity contribution in [3.05, 3.63) is 28.3 Å². The summed E-state index contributed by atoms with van der Waals surface area (Å²) >= 11 is 6.26. The van der Waals surface area contributed by atoms with Crippen LogP contribution < -0.4 is 10.2 Å². The summed E-state index contributed by atoms with van der Waals surface area (Å²) in [6.07, 6.45) is -0.145. The Kier molecular flexibility index (Phi) is 4.85. The highest BCUT2D eigenvalue weighted by atomic mass is 35.5. The number of nitrogens with one attached hydrogen (secondary N) is 1. The van der Waals surface area contributed by atoms with E-state index in [4.69, 9.17) is 16.3 Å². The van der Waals surface area contributed by atoms with Gasteiger partial charge in [0.05, 0.1) is 16.8 Å². The van der Waals surface area contributed by atoms with E-state index < -0.39 is 6.10 Å². The van der Waals surface area contributed by atoms with E-state index >= 15 is 0 Å². The number of amides is 1. The van der Waals surface area contributed by atoms with E-state index in [1.165, 1.54) is 0 Å². The zero-order valence-corrected chi connectivity index (χ0v) is 13.1. The maximum absolute atomic E-state index is 11.3. The molecule has 0 saturated heterocycles. The van der Waals surface area contributed by atoms with Crippen molar-refractivity contribution < 1.29 is 14.6 Å². The van der Waals surface area contributed by atoms with Gasteiger partial charge in [0.2, 0.25) is 5.91 Å². The van der Waals surface area contributed by atoms with Crippen LogP contribution in [-0.4, -0.2) is 29.4 Å². The van der Waals surface area contributed by atoms with Crippen LogP contribution in [0.1, 0.15) is 31.4 Å². The number of carbonyl (C=O) groups excluding carboxylic acids is 1. The Balaban J connectivity index is 2.29. The van der Waals surface area contributed by atoms with E-state index in [0.29, 0.717) is 17.2 Å². The minimum Gasteiger partial charge on any atom is -0.489 e. The molecule has 1 unspecified atom stereocenters. The number of carbonyl (C=O) groups is 1. The van der Waals surface area contributed by atoms with Crippen LogP contribution in [0.25, 0.3) is 0 Å². The summed E-state index contributed by atoms with van der Waals surface area (Å²) in [6, 6.07) is 3.70. The van der Waals surface area contributed by atoms with Crippen molar-refractivity contribution in [2.75, 3.05) is 6.61 Å². The van der Waals surface area contributed by atoms with Crippen LogP contribution in [0.4, 0.5) is 0 Å². The normalized spacial score (nSPS) is 19.8. The van der Waals surface area contributed by atoms with Crippen LogP contribution in [0, 0.1) is 12.8 Å². The Morgan fingerprint density at radius 1 is 1.57 bits per heavy atom. The lowest BCUT2D eigenvalue weighted by Crippen LogP contribution is -2.32. The third-order valence-electron chi connectivity index (χ3n) is 3.25. The van der Waals surface area contributed by atoms with Gasteiger partial charge < -0.3 is 9.84 Å². The van der Waals surface area contributed by atoms with E-state index in [9.17, 15) is 9.90 Å². The van der Waals surface area contributed by atoms with Crippen molar-refractivity contribution in [3.8, 4) is 5.75 Å². The highest BCUT2D eigenvalue weighted by molar-refractivity contribution is 6.32. The molecule has 2 rings (SSSR count). The lowest BCUT2D eigenvalue weighted by atomic mass is 9.93. The topological polar surface area (TPSA) is 70.9 Å². The summed E-state index contributed by atoms with van der Waals surface area (Å²) in [5, 5.41) is 13.9. The minimum absolute atomic E-state index is 0.0402. The van der Waals surface area contributed by atoms with Gasteiger partial charge in [-0.3, -0.25) is 4.79 Å². The molecule has 0 spiro atoms. The number of ether oxygens (including phenoxy) is 1. The van der Waals surface area contributed by atoms with Crippen molar-refractivity contribution in [1.29, 1.82) is 0 Å². The molecule has 2 atom stereocenters. The lowest BCUT2D eigenvalue weighted by Gasteiger charge is -2.20. The van der Waals surface area contributed by atoms with Crippen LogP contribution in [0.3, 0.4) is 0 Å². The fourth-order valence-electron chi connectivity index (χ4n) is 2.27. The molecule has 1 aliphatic rings. The summed E-state index contributed by atoms with van der Waals surface area (Å²) < 4.78 is 5.52. The van der Waals surface area contributed by atoms with Crippen molar-refractivity contribution >= 4 is 23.2 Å².